The van der Waals surface area contributed by atoms with E-state index in [4.69, 9.17) is 19.6 Å². The zero-order valence-corrected chi connectivity index (χ0v) is 19.8. The maximum Gasteiger partial charge on any atom is 0.244 e. The summed E-state index contributed by atoms with van der Waals surface area (Å²) in [5, 5.41) is 39.8. The number of methoxy groups -OCH3 is 1. The van der Waals surface area contributed by atoms with Gasteiger partial charge in [-0.1, -0.05) is 52.0 Å². The van der Waals surface area contributed by atoms with Crippen molar-refractivity contribution in [3.8, 4) is 24.0 Å². The second kappa shape index (κ2) is 7.59. The number of nitrogens with zero attached hydrogens (tertiary/aromatic N) is 3. The van der Waals surface area contributed by atoms with Crippen molar-refractivity contribution in [3.05, 3.63) is 65.2 Å². The van der Waals surface area contributed by atoms with Crippen molar-refractivity contribution in [1.29, 1.82) is 21.2 Å². The van der Waals surface area contributed by atoms with Crippen molar-refractivity contribution >= 4 is 5.90 Å². The van der Waals surface area contributed by atoms with Gasteiger partial charge in [0.15, 0.2) is 5.41 Å². The van der Waals surface area contributed by atoms with Gasteiger partial charge < -0.3 is 14.2 Å². The van der Waals surface area contributed by atoms with Gasteiger partial charge in [0, 0.05) is 5.56 Å². The Balaban J connectivity index is 1.96. The third-order valence-electron chi connectivity index (χ3n) is 7.24. The molecule has 172 valence electrons. The molecular formula is C27H26N4O3. The molecule has 4 unspecified atom stereocenters. The lowest BCUT2D eigenvalue weighted by molar-refractivity contribution is -0.288. The number of benzene rings is 2. The number of hydrogen-bond acceptors (Lipinski definition) is 7. The van der Waals surface area contributed by atoms with E-state index in [1.54, 1.807) is 38.3 Å². The largest absolute Gasteiger partial charge is 0.497 e. The summed E-state index contributed by atoms with van der Waals surface area (Å²) in [6.07, 6.45) is -1.13. The highest BCUT2D eigenvalue weighted by atomic mass is 16.7. The Morgan fingerprint density at radius 1 is 0.941 bits per heavy atom. The first-order valence-corrected chi connectivity index (χ1v) is 11.0. The third-order valence-corrected chi connectivity index (χ3v) is 7.24. The zero-order valence-electron chi connectivity index (χ0n) is 19.8. The highest BCUT2D eigenvalue weighted by Crippen LogP contribution is 2.69. The molecule has 2 aromatic carbocycles. The van der Waals surface area contributed by atoms with E-state index < -0.39 is 34.5 Å². The van der Waals surface area contributed by atoms with Gasteiger partial charge in [0.25, 0.3) is 0 Å². The van der Waals surface area contributed by atoms with Crippen LogP contribution in [0.3, 0.4) is 0 Å². The summed E-state index contributed by atoms with van der Waals surface area (Å²) >= 11 is 0. The second-order valence-electron chi connectivity index (χ2n) is 9.87. The number of nitrogens with one attached hydrogen (secondary N) is 1. The molecule has 0 aromatic heterocycles. The first-order chi connectivity index (χ1) is 16.1. The van der Waals surface area contributed by atoms with E-state index in [-0.39, 0.29) is 5.41 Å². The van der Waals surface area contributed by atoms with Gasteiger partial charge in [-0.15, -0.1) is 0 Å². The molecule has 2 aliphatic rings. The highest BCUT2D eigenvalue weighted by molar-refractivity contribution is 5.89. The van der Waals surface area contributed by atoms with Gasteiger partial charge in [0.05, 0.1) is 31.2 Å². The molecule has 2 bridgehead atoms. The fourth-order valence-electron chi connectivity index (χ4n) is 5.15. The van der Waals surface area contributed by atoms with E-state index in [1.807, 2.05) is 24.3 Å². The van der Waals surface area contributed by atoms with Gasteiger partial charge in [-0.25, -0.2) is 0 Å². The van der Waals surface area contributed by atoms with Crippen LogP contribution in [-0.2, 0) is 20.7 Å². The molecule has 2 heterocycles. The Kier molecular flexibility index (Phi) is 5.20. The van der Waals surface area contributed by atoms with Crippen molar-refractivity contribution < 1.29 is 14.2 Å². The van der Waals surface area contributed by atoms with Crippen molar-refractivity contribution in [2.45, 2.75) is 45.0 Å². The maximum atomic E-state index is 10.4. The topological polar surface area (TPSA) is 123 Å². The number of nitriles is 3. The van der Waals surface area contributed by atoms with Crippen LogP contribution in [0.5, 0.6) is 5.75 Å². The lowest BCUT2D eigenvalue weighted by atomic mass is 9.53. The molecule has 2 aromatic rings. The van der Waals surface area contributed by atoms with Gasteiger partial charge >= 0.3 is 0 Å². The Labute approximate surface area is 199 Å². The minimum atomic E-state index is -1.99. The monoisotopic (exact) mass is 454 g/mol. The number of ether oxygens (including phenoxy) is 3. The minimum absolute atomic E-state index is 0.0928. The Morgan fingerprint density at radius 3 is 2.00 bits per heavy atom. The first kappa shape index (κ1) is 23.3. The fraction of sp³-hybridized carbons (Fsp3) is 0.407. The third kappa shape index (κ3) is 2.79. The summed E-state index contributed by atoms with van der Waals surface area (Å²) in [6.45, 7) is 7.97. The van der Waals surface area contributed by atoms with Gasteiger partial charge in [-0.2, -0.15) is 15.8 Å². The molecule has 0 radical (unpaired) electrons. The van der Waals surface area contributed by atoms with Crippen LogP contribution in [0.15, 0.2) is 48.5 Å². The average molecular weight is 455 g/mol. The summed E-state index contributed by atoms with van der Waals surface area (Å²) in [5.74, 6) is -2.14. The van der Waals surface area contributed by atoms with Crippen LogP contribution in [0, 0.1) is 56.2 Å². The van der Waals surface area contributed by atoms with Crippen LogP contribution >= 0.6 is 0 Å². The van der Waals surface area contributed by atoms with Gasteiger partial charge in [-0.3, -0.25) is 5.41 Å². The van der Waals surface area contributed by atoms with E-state index in [0.29, 0.717) is 16.9 Å². The van der Waals surface area contributed by atoms with E-state index in [0.717, 1.165) is 5.56 Å². The van der Waals surface area contributed by atoms with Crippen molar-refractivity contribution in [3.63, 3.8) is 0 Å². The molecule has 0 spiro atoms. The second-order valence-corrected chi connectivity index (χ2v) is 9.87. The Morgan fingerprint density at radius 2 is 1.53 bits per heavy atom. The van der Waals surface area contributed by atoms with Gasteiger partial charge in [0.2, 0.25) is 17.1 Å². The molecule has 2 saturated heterocycles. The highest BCUT2D eigenvalue weighted by Gasteiger charge is 2.79. The van der Waals surface area contributed by atoms with E-state index >= 15 is 0 Å². The molecular weight excluding hydrogens is 428 g/mol. The molecule has 4 atom stereocenters. The number of hydrogen-bond donors (Lipinski definition) is 1. The number of rotatable bonds is 3. The lowest BCUT2D eigenvalue weighted by Crippen LogP contribution is -2.57. The van der Waals surface area contributed by atoms with Gasteiger partial charge in [-0.05, 0) is 40.8 Å². The van der Waals surface area contributed by atoms with Gasteiger partial charge in [0.1, 0.15) is 11.9 Å². The van der Waals surface area contributed by atoms with Crippen LogP contribution in [-0.4, -0.2) is 13.0 Å². The predicted octanol–water partition coefficient (Wildman–Crippen LogP) is 5.10. The standard InChI is InChI=1S/C27H26N4O3/c1-17-26(16-30)23(31)34-27(17,20-10-12-21(32-5)13-11-20)33-22(25(26,14-28)15-29)18-6-8-19(9-7-18)24(2,3)4/h6-13,17,22,31H,1-5H3. The van der Waals surface area contributed by atoms with Crippen LogP contribution in [0.4, 0.5) is 0 Å². The van der Waals surface area contributed by atoms with Crippen molar-refractivity contribution in [2.24, 2.45) is 16.7 Å². The summed E-state index contributed by atoms with van der Waals surface area (Å²) in [4.78, 5) is 0. The fourth-order valence-corrected chi connectivity index (χ4v) is 5.15. The Hall–Kier alpha value is -3.86. The lowest BCUT2D eigenvalue weighted by Gasteiger charge is -2.48. The normalized spacial score (nSPS) is 29.3. The van der Waals surface area contributed by atoms with E-state index in [2.05, 4.69) is 39.0 Å². The predicted molar refractivity (Wildman–Crippen MR) is 123 cm³/mol. The molecule has 2 aliphatic heterocycles. The molecule has 7 nitrogen and oxygen atoms in total. The van der Waals surface area contributed by atoms with Crippen LogP contribution in [0.25, 0.3) is 0 Å². The Bertz CT molecular complexity index is 1240. The van der Waals surface area contributed by atoms with Crippen molar-refractivity contribution in [1.82, 2.24) is 0 Å². The zero-order chi connectivity index (χ0) is 24.9. The van der Waals surface area contributed by atoms with E-state index in [9.17, 15) is 15.8 Å². The molecule has 7 heteroatoms. The maximum absolute atomic E-state index is 10.4. The van der Waals surface area contributed by atoms with Crippen LogP contribution in [0.1, 0.15) is 50.5 Å². The summed E-state index contributed by atoms with van der Waals surface area (Å²) in [5.41, 5.74) is -1.70. The molecule has 34 heavy (non-hydrogen) atoms. The summed E-state index contributed by atoms with van der Waals surface area (Å²) < 4.78 is 17.8. The summed E-state index contributed by atoms with van der Waals surface area (Å²) in [7, 11) is 1.56. The molecule has 0 amide bonds. The summed E-state index contributed by atoms with van der Waals surface area (Å²) in [6, 6.07) is 20.8. The smallest absolute Gasteiger partial charge is 0.244 e. The molecule has 0 aliphatic carbocycles. The van der Waals surface area contributed by atoms with Crippen LogP contribution in [0.2, 0.25) is 0 Å². The molecule has 4 rings (SSSR count). The van der Waals surface area contributed by atoms with E-state index in [1.165, 1.54) is 0 Å². The average Bonchev–Trinajstić information content (AvgIpc) is 3.00. The molecule has 2 fully saturated rings. The SMILES string of the molecule is COc1ccc(C23OC(=N)C(C#N)(C2C)C(C#N)(C#N)C(c2ccc(C(C)(C)C)cc2)O3)cc1. The quantitative estimate of drug-likeness (QED) is 0.688. The first-order valence-electron chi connectivity index (χ1n) is 11.0. The van der Waals surface area contributed by atoms with Crippen molar-refractivity contribution in [2.75, 3.05) is 7.11 Å². The molecule has 0 saturated carbocycles. The molecule has 1 N–H and O–H groups in total. The van der Waals surface area contributed by atoms with Crippen LogP contribution < -0.4 is 4.74 Å². The number of fused-ring (bicyclic) bond motifs is 2. The minimum Gasteiger partial charge on any atom is -0.497 e.